The first-order valence-corrected chi connectivity index (χ1v) is 32.9. The number of para-hydroxylation sites is 2. The van der Waals surface area contributed by atoms with Crippen LogP contribution in [0.5, 0.6) is 0 Å². The van der Waals surface area contributed by atoms with Crippen molar-refractivity contribution in [1.82, 2.24) is 74.7 Å². The number of fused-ring (bicyclic) bond motifs is 4. The number of hydroxylamine groups is 1. The number of nitrogens with zero attached hydrogens (tertiary/aromatic N) is 11. The highest BCUT2D eigenvalue weighted by atomic mass is 127. The largest absolute Gasteiger partial charge is 0.465 e. The minimum atomic E-state index is -0.566. The van der Waals surface area contributed by atoms with Crippen LogP contribution in [-0.2, 0) is 35.7 Å². The van der Waals surface area contributed by atoms with Crippen LogP contribution in [-0.4, -0.2) is 93.8 Å². The summed E-state index contributed by atoms with van der Waals surface area (Å²) in [6.45, 7) is 8.84. The monoisotopic (exact) mass is 1390 g/mol. The number of anilines is 2. The summed E-state index contributed by atoms with van der Waals surface area (Å²) in [5, 5.41) is 23.8. The Morgan fingerprint density at radius 1 is 0.642 bits per heavy atom. The number of aromatic amines is 1. The molecule has 1 aliphatic heterocycles. The molecule has 6 aromatic carbocycles. The molecule has 486 valence electrons. The van der Waals surface area contributed by atoms with Crippen molar-refractivity contribution >= 4 is 90.2 Å². The van der Waals surface area contributed by atoms with E-state index in [0.717, 1.165) is 47.2 Å². The number of hydrogen-bond donors (Lipinski definition) is 7. The molecule has 6 aromatic heterocycles. The molecule has 0 spiro atoms. The van der Waals surface area contributed by atoms with E-state index < -0.39 is 5.91 Å². The van der Waals surface area contributed by atoms with Gasteiger partial charge in [0.15, 0.2) is 28.4 Å². The van der Waals surface area contributed by atoms with E-state index in [0.29, 0.717) is 130 Å². The summed E-state index contributed by atoms with van der Waals surface area (Å²) in [7, 11) is 1.37. The van der Waals surface area contributed by atoms with Gasteiger partial charge in [0, 0.05) is 38.3 Å². The van der Waals surface area contributed by atoms with Crippen LogP contribution in [0, 0.1) is 0 Å². The SMILES string of the molecule is CCI.CC[C@H](Nc1ncnc2c1ncn2C1CCCCO1)c1nc2cccc(CNCc3ccc(C(=O)OC)cc3)c2c(=O)n1-c1ccccc1.CC[C@H](Nc1ncnc2nc[nH]c12)c1nc2cccc(CNCc3ccc(C(=O)NO)cc3)c2c(=O)n1-c1ccccc1. The fourth-order valence-electron chi connectivity index (χ4n) is 11.5. The zero-order chi connectivity index (χ0) is 66.2. The molecule has 1 saturated heterocycles. The number of esters is 1. The number of H-pyrrole nitrogens is 1. The molecule has 95 heavy (non-hydrogen) atoms. The highest BCUT2D eigenvalue weighted by Crippen LogP contribution is 2.32. The number of rotatable bonds is 21. The number of amides is 1. The number of carbonyl (C=O) groups is 2. The van der Waals surface area contributed by atoms with E-state index >= 15 is 0 Å². The van der Waals surface area contributed by atoms with Crippen LogP contribution in [0.25, 0.3) is 55.5 Å². The minimum absolute atomic E-state index is 0.107. The lowest BCUT2D eigenvalue weighted by molar-refractivity contribution is -0.0298. The third-order valence-corrected chi connectivity index (χ3v) is 16.1. The predicted molar refractivity (Wildman–Crippen MR) is 373 cm³/mol. The Kier molecular flexibility index (Phi) is 22.1. The lowest BCUT2D eigenvalue weighted by atomic mass is 10.1. The van der Waals surface area contributed by atoms with Crippen molar-refractivity contribution in [3.05, 3.63) is 237 Å². The summed E-state index contributed by atoms with van der Waals surface area (Å²) in [6.07, 6.45) is 10.5. The van der Waals surface area contributed by atoms with Gasteiger partial charge in [-0.2, -0.15) is 0 Å². The maximum Gasteiger partial charge on any atom is 0.337 e. The molecule has 1 unspecified atom stereocenters. The zero-order valence-electron chi connectivity index (χ0n) is 52.9. The van der Waals surface area contributed by atoms with E-state index in [1.54, 1.807) is 51.5 Å². The van der Waals surface area contributed by atoms with Gasteiger partial charge in [0.2, 0.25) is 0 Å². The molecule has 0 radical (unpaired) electrons. The average molecular weight is 1390 g/mol. The van der Waals surface area contributed by atoms with Crippen molar-refractivity contribution < 1.29 is 24.3 Å². The van der Waals surface area contributed by atoms with Gasteiger partial charge in [0.05, 0.1) is 70.6 Å². The van der Waals surface area contributed by atoms with Gasteiger partial charge in [0.25, 0.3) is 17.0 Å². The summed E-state index contributed by atoms with van der Waals surface area (Å²) in [5.41, 5.74) is 11.0. The summed E-state index contributed by atoms with van der Waals surface area (Å²) in [5.74, 6) is 1.34. The van der Waals surface area contributed by atoms with Gasteiger partial charge in [-0.1, -0.05) is 128 Å². The fourth-order valence-corrected chi connectivity index (χ4v) is 11.5. The Balaban J connectivity index is 0.000000187. The van der Waals surface area contributed by atoms with Crippen molar-refractivity contribution in [2.75, 3.05) is 28.8 Å². The molecule has 12 aromatic rings. The molecule has 1 amide bonds. The van der Waals surface area contributed by atoms with Gasteiger partial charge in [-0.15, -0.1) is 0 Å². The van der Waals surface area contributed by atoms with Crippen molar-refractivity contribution in [2.45, 2.75) is 97.4 Å². The molecule has 24 nitrogen and oxygen atoms in total. The number of methoxy groups -OCH3 is 1. The van der Waals surface area contributed by atoms with Crippen molar-refractivity contribution in [1.29, 1.82) is 0 Å². The third-order valence-electron chi connectivity index (χ3n) is 16.1. The molecular weight excluding hydrogens is 1320 g/mol. The number of carbonyl (C=O) groups excluding carboxylic acids is 2. The molecule has 0 bridgehead atoms. The molecule has 1 fully saturated rings. The highest BCUT2D eigenvalue weighted by molar-refractivity contribution is 14.1. The van der Waals surface area contributed by atoms with Crippen molar-refractivity contribution in [3.8, 4) is 11.4 Å². The van der Waals surface area contributed by atoms with Crippen LogP contribution in [0.1, 0.15) is 126 Å². The van der Waals surface area contributed by atoms with E-state index in [1.165, 1.54) is 24.2 Å². The van der Waals surface area contributed by atoms with Gasteiger partial charge in [-0.25, -0.2) is 50.1 Å². The number of imidazole rings is 2. The smallest absolute Gasteiger partial charge is 0.337 e. The second-order valence-corrected chi connectivity index (χ2v) is 23.7. The first kappa shape index (κ1) is 66.3. The van der Waals surface area contributed by atoms with Gasteiger partial charge in [-0.05, 0) is 119 Å². The molecule has 25 heteroatoms. The fraction of sp³-hybridized carbons (Fsp3) is 0.257. The van der Waals surface area contributed by atoms with Crippen molar-refractivity contribution in [3.63, 3.8) is 0 Å². The molecule has 7 heterocycles. The number of nitrogens with one attached hydrogen (secondary N) is 6. The molecular formula is C70H72IN17O7. The molecule has 0 saturated carbocycles. The number of benzene rings is 6. The van der Waals surface area contributed by atoms with Gasteiger partial charge < -0.3 is 35.7 Å². The Labute approximate surface area is 560 Å². The van der Waals surface area contributed by atoms with Crippen LogP contribution in [0.4, 0.5) is 11.6 Å². The van der Waals surface area contributed by atoms with E-state index in [9.17, 15) is 19.2 Å². The lowest BCUT2D eigenvalue weighted by Gasteiger charge is -2.24. The lowest BCUT2D eigenvalue weighted by Crippen LogP contribution is -2.29. The molecule has 0 aliphatic carbocycles. The van der Waals surface area contributed by atoms with Gasteiger partial charge in [0.1, 0.15) is 36.0 Å². The number of aromatic nitrogens is 12. The number of ether oxygens (including phenoxy) is 2. The number of halogens is 1. The van der Waals surface area contributed by atoms with Crippen LogP contribution in [0.15, 0.2) is 180 Å². The van der Waals surface area contributed by atoms with Gasteiger partial charge >= 0.3 is 5.97 Å². The Hall–Kier alpha value is -10.2. The number of alkyl halides is 1. The quantitative estimate of drug-likeness (QED) is 0.0116. The Morgan fingerprint density at radius 2 is 1.18 bits per heavy atom. The van der Waals surface area contributed by atoms with E-state index in [1.807, 2.05) is 140 Å². The van der Waals surface area contributed by atoms with Crippen LogP contribution in [0.3, 0.4) is 0 Å². The first-order chi connectivity index (χ1) is 46.5. The summed E-state index contributed by atoms with van der Waals surface area (Å²) < 4.78 is 17.4. The summed E-state index contributed by atoms with van der Waals surface area (Å²) in [6, 6.07) is 43.9. The normalized spacial score (nSPS) is 13.5. The molecule has 1 aliphatic rings. The van der Waals surface area contributed by atoms with E-state index in [4.69, 9.17) is 24.6 Å². The highest BCUT2D eigenvalue weighted by Gasteiger charge is 2.27. The van der Waals surface area contributed by atoms with Crippen LogP contribution >= 0.6 is 22.6 Å². The maximum absolute atomic E-state index is 14.6. The van der Waals surface area contributed by atoms with Crippen molar-refractivity contribution in [2.24, 2.45) is 0 Å². The maximum atomic E-state index is 14.6. The van der Waals surface area contributed by atoms with E-state index in [-0.39, 0.29) is 35.4 Å². The zero-order valence-corrected chi connectivity index (χ0v) is 55.0. The van der Waals surface area contributed by atoms with E-state index in [2.05, 4.69) is 85.7 Å². The summed E-state index contributed by atoms with van der Waals surface area (Å²) in [4.78, 5) is 92.2. The second kappa shape index (κ2) is 31.6. The Bertz CT molecular complexity index is 4720. The molecule has 3 atom stereocenters. The topological polar surface area (TPSA) is 301 Å². The average Bonchev–Trinajstić information content (AvgIpc) is 0.998. The number of hydrogen-bond acceptors (Lipinski definition) is 19. The van der Waals surface area contributed by atoms with Crippen LogP contribution in [0.2, 0.25) is 0 Å². The standard InChI is InChI=1S/C37H38N8O4.C31H29N9O3.C2H5I/c1-3-28(42-33-32-35(40-22-39-33)44(23-41-32)30-14-7-8-19-49-30)34-43-29-13-9-10-26(31(29)36(46)45(34)27-11-5-4-6-12-27)21-38-20-24-15-17-25(18-16-24)37(47)48-2;1-2-23(37-28-26-27(34-17-33-26)35-18-36-28)29-38-24-10-6-7-21(25(24)31(42)40(29)22-8-4-3-5-9-22)16-32-15-19-11-13-20(14-12-19)30(41)39-43;1-2-3/h4-6,9-13,15-18,22-23,28,30,38H,3,7-8,14,19-21H2,1-2H3,(H,39,40,42);3-14,17-18,23,32,43H,2,15-16H2,1H3,(H,39,41)(H2,33,34,35,36,37);2H2,1H3/t28-,30?;23-;/m00./s1. The minimum Gasteiger partial charge on any atom is -0.465 e. The van der Waals surface area contributed by atoms with Gasteiger partial charge in [-0.3, -0.25) is 33.3 Å². The third kappa shape index (κ3) is 15.1. The Morgan fingerprint density at radius 3 is 1.71 bits per heavy atom. The second-order valence-electron chi connectivity index (χ2n) is 22.2. The molecule has 13 rings (SSSR count). The predicted octanol–water partition coefficient (Wildman–Crippen LogP) is 11.3. The molecule has 7 N–H and O–H groups in total. The van der Waals surface area contributed by atoms with Crippen LogP contribution < -0.4 is 37.9 Å². The first-order valence-electron chi connectivity index (χ1n) is 31.4. The summed E-state index contributed by atoms with van der Waals surface area (Å²) >= 11 is 2.29.